The minimum Gasteiger partial charge on any atom is -0.393 e. The van der Waals surface area contributed by atoms with Gasteiger partial charge in [-0.1, -0.05) is 30.4 Å². The third kappa shape index (κ3) is 3.03. The molecule has 3 rings (SSSR count). The lowest BCUT2D eigenvalue weighted by molar-refractivity contribution is 0.0750. The van der Waals surface area contributed by atoms with E-state index in [2.05, 4.69) is 4.98 Å². The molecular weight excluding hydrogens is 282 g/mol. The van der Waals surface area contributed by atoms with Crippen LogP contribution in [0.2, 0.25) is 0 Å². The van der Waals surface area contributed by atoms with Gasteiger partial charge in [0.1, 0.15) is 0 Å². The zero-order valence-corrected chi connectivity index (χ0v) is 12.5. The topological polar surface area (TPSA) is 59.2 Å². The summed E-state index contributed by atoms with van der Waals surface area (Å²) in [5, 5.41) is 0.894. The Kier molecular flexibility index (Phi) is 3.84. The van der Waals surface area contributed by atoms with E-state index in [9.17, 15) is 4.79 Å². The zero-order valence-electron chi connectivity index (χ0n) is 11.7. The van der Waals surface area contributed by atoms with Crippen molar-refractivity contribution in [3.8, 4) is 0 Å². The van der Waals surface area contributed by atoms with E-state index in [0.29, 0.717) is 29.6 Å². The van der Waals surface area contributed by atoms with Crippen LogP contribution in [0.5, 0.6) is 0 Å². The number of fused-ring (bicyclic) bond motifs is 1. The molecule has 5 heteroatoms. The van der Waals surface area contributed by atoms with Gasteiger partial charge in [0, 0.05) is 30.6 Å². The largest absolute Gasteiger partial charge is 0.393 e. The summed E-state index contributed by atoms with van der Waals surface area (Å²) in [6.45, 7) is 0.593. The van der Waals surface area contributed by atoms with E-state index in [-0.39, 0.29) is 5.91 Å². The number of aromatic nitrogens is 1. The molecule has 21 heavy (non-hydrogen) atoms. The van der Waals surface area contributed by atoms with Gasteiger partial charge in [-0.15, -0.1) is 0 Å². The lowest BCUT2D eigenvalue weighted by atomic mass is 10.1. The summed E-state index contributed by atoms with van der Waals surface area (Å²) in [5.74, 6) is 0.0485. The highest BCUT2D eigenvalue weighted by Crippen LogP contribution is 2.29. The van der Waals surface area contributed by atoms with E-state index in [4.69, 9.17) is 18.0 Å². The van der Waals surface area contributed by atoms with Gasteiger partial charge in [0.15, 0.2) is 0 Å². The molecule has 1 fully saturated rings. The van der Waals surface area contributed by atoms with Gasteiger partial charge in [0.05, 0.1) is 16.1 Å². The number of amides is 1. The summed E-state index contributed by atoms with van der Waals surface area (Å²) in [6, 6.07) is 9.84. The second-order valence-electron chi connectivity index (χ2n) is 5.32. The standard InChI is InChI=1S/C16H17N3OS/c17-15(21)8-10-19(11-5-6-11)16(20)13-7-9-18-14-4-2-1-3-12(13)14/h1-4,7,9,11H,5-6,8,10H2,(H2,17,21). The maximum absolute atomic E-state index is 12.9. The first kappa shape index (κ1) is 13.9. The Hall–Kier alpha value is -2.01. The molecule has 1 aliphatic carbocycles. The van der Waals surface area contributed by atoms with Crippen LogP contribution in [0, 0.1) is 0 Å². The van der Waals surface area contributed by atoms with Crippen LogP contribution in [-0.4, -0.2) is 33.4 Å². The number of carbonyl (C=O) groups excluding carboxylic acids is 1. The number of thiocarbonyl (C=S) groups is 1. The predicted octanol–water partition coefficient (Wildman–Crippen LogP) is 2.52. The molecule has 4 nitrogen and oxygen atoms in total. The third-order valence-corrected chi connectivity index (χ3v) is 3.93. The van der Waals surface area contributed by atoms with Crippen LogP contribution in [0.1, 0.15) is 29.6 Å². The Morgan fingerprint density at radius 3 is 2.81 bits per heavy atom. The quantitative estimate of drug-likeness (QED) is 0.862. The Bertz CT molecular complexity index is 691. The lowest BCUT2D eigenvalue weighted by Crippen LogP contribution is -2.35. The first-order valence-electron chi connectivity index (χ1n) is 7.10. The van der Waals surface area contributed by atoms with Gasteiger partial charge >= 0.3 is 0 Å². The molecule has 2 aromatic rings. The zero-order chi connectivity index (χ0) is 14.8. The Morgan fingerprint density at radius 1 is 1.33 bits per heavy atom. The summed E-state index contributed by atoms with van der Waals surface area (Å²) in [5.41, 5.74) is 7.12. The maximum atomic E-state index is 12.9. The molecule has 0 aliphatic heterocycles. The molecule has 1 aliphatic rings. The van der Waals surface area contributed by atoms with Crippen molar-refractivity contribution in [1.82, 2.24) is 9.88 Å². The van der Waals surface area contributed by atoms with Crippen molar-refractivity contribution in [2.45, 2.75) is 25.3 Å². The first-order chi connectivity index (χ1) is 10.2. The molecular formula is C16H17N3OS. The average Bonchev–Trinajstić information content (AvgIpc) is 3.31. The molecule has 0 atom stereocenters. The Balaban J connectivity index is 1.92. The monoisotopic (exact) mass is 299 g/mol. The number of hydrogen-bond acceptors (Lipinski definition) is 3. The van der Waals surface area contributed by atoms with E-state index in [1.807, 2.05) is 29.2 Å². The molecule has 0 unspecified atom stereocenters. The molecule has 0 saturated heterocycles. The van der Waals surface area contributed by atoms with Crippen LogP contribution >= 0.6 is 12.2 Å². The van der Waals surface area contributed by atoms with Crippen molar-refractivity contribution < 1.29 is 4.79 Å². The van der Waals surface area contributed by atoms with Crippen molar-refractivity contribution in [2.75, 3.05) is 6.54 Å². The van der Waals surface area contributed by atoms with E-state index < -0.39 is 0 Å². The van der Waals surface area contributed by atoms with Crippen LogP contribution in [0.25, 0.3) is 10.9 Å². The number of nitrogens with zero attached hydrogens (tertiary/aromatic N) is 2. The molecule has 0 spiro atoms. The normalized spacial score (nSPS) is 14.1. The van der Waals surface area contributed by atoms with Gasteiger partial charge in [-0.2, -0.15) is 0 Å². The van der Waals surface area contributed by atoms with E-state index in [1.165, 1.54) is 0 Å². The summed E-state index contributed by atoms with van der Waals surface area (Å²) in [6.07, 6.45) is 4.38. The van der Waals surface area contributed by atoms with E-state index in [0.717, 1.165) is 23.7 Å². The molecule has 1 saturated carbocycles. The lowest BCUT2D eigenvalue weighted by Gasteiger charge is -2.23. The van der Waals surface area contributed by atoms with Gasteiger partial charge < -0.3 is 10.6 Å². The second kappa shape index (κ2) is 5.77. The number of hydrogen-bond donors (Lipinski definition) is 1. The predicted molar refractivity (Wildman–Crippen MR) is 87.2 cm³/mol. The maximum Gasteiger partial charge on any atom is 0.254 e. The molecule has 2 N–H and O–H groups in total. The minimum atomic E-state index is 0.0485. The fourth-order valence-corrected chi connectivity index (χ4v) is 2.60. The van der Waals surface area contributed by atoms with Crippen LogP contribution in [-0.2, 0) is 0 Å². The molecule has 108 valence electrons. The Labute approximate surface area is 129 Å². The highest BCUT2D eigenvalue weighted by atomic mass is 32.1. The van der Waals surface area contributed by atoms with Gasteiger partial charge in [-0.05, 0) is 25.0 Å². The van der Waals surface area contributed by atoms with Gasteiger partial charge in [-0.3, -0.25) is 9.78 Å². The van der Waals surface area contributed by atoms with Crippen LogP contribution < -0.4 is 5.73 Å². The van der Waals surface area contributed by atoms with Gasteiger partial charge in [-0.25, -0.2) is 0 Å². The molecule has 0 bridgehead atoms. The molecule has 0 radical (unpaired) electrons. The third-order valence-electron chi connectivity index (χ3n) is 3.73. The van der Waals surface area contributed by atoms with Gasteiger partial charge in [0.25, 0.3) is 5.91 Å². The fraction of sp³-hybridized carbons (Fsp3) is 0.312. The van der Waals surface area contributed by atoms with Crippen molar-refractivity contribution in [3.63, 3.8) is 0 Å². The highest BCUT2D eigenvalue weighted by Gasteiger charge is 2.33. The SMILES string of the molecule is NC(=S)CCN(C(=O)c1ccnc2ccccc12)C1CC1. The van der Waals surface area contributed by atoms with Crippen molar-refractivity contribution in [2.24, 2.45) is 5.73 Å². The van der Waals surface area contributed by atoms with E-state index >= 15 is 0 Å². The summed E-state index contributed by atoms with van der Waals surface area (Å²) in [7, 11) is 0. The number of para-hydroxylation sites is 1. The first-order valence-corrected chi connectivity index (χ1v) is 7.50. The number of benzene rings is 1. The molecule has 1 amide bonds. The van der Waals surface area contributed by atoms with Crippen LogP contribution in [0.4, 0.5) is 0 Å². The van der Waals surface area contributed by atoms with Gasteiger partial charge in [0.2, 0.25) is 0 Å². The average molecular weight is 299 g/mol. The van der Waals surface area contributed by atoms with Crippen molar-refractivity contribution in [1.29, 1.82) is 0 Å². The van der Waals surface area contributed by atoms with Crippen LogP contribution in [0.15, 0.2) is 36.5 Å². The molecule has 1 aromatic heterocycles. The summed E-state index contributed by atoms with van der Waals surface area (Å²) < 4.78 is 0. The minimum absolute atomic E-state index is 0.0485. The number of carbonyl (C=O) groups is 1. The summed E-state index contributed by atoms with van der Waals surface area (Å²) in [4.78, 5) is 19.5. The van der Waals surface area contributed by atoms with E-state index in [1.54, 1.807) is 12.3 Å². The smallest absolute Gasteiger partial charge is 0.254 e. The number of nitrogens with two attached hydrogens (primary N) is 1. The number of rotatable bonds is 5. The highest BCUT2D eigenvalue weighted by molar-refractivity contribution is 7.80. The Morgan fingerprint density at radius 2 is 2.10 bits per heavy atom. The fourth-order valence-electron chi connectivity index (χ4n) is 2.50. The van der Waals surface area contributed by atoms with Crippen LogP contribution in [0.3, 0.4) is 0 Å². The van der Waals surface area contributed by atoms with Crippen molar-refractivity contribution in [3.05, 3.63) is 42.1 Å². The molecule has 1 aromatic carbocycles. The molecule has 1 heterocycles. The van der Waals surface area contributed by atoms with Crippen molar-refractivity contribution >= 4 is 34.0 Å². The second-order valence-corrected chi connectivity index (χ2v) is 5.85. The summed E-state index contributed by atoms with van der Waals surface area (Å²) >= 11 is 4.93. The number of pyridine rings is 1.